The SMILES string of the molecule is CCCCCCC(C)C(O)C=C[C@@H]1CCC(=O)[C@H]1CC(=O)O. The molecule has 4 atom stereocenters. The van der Waals surface area contributed by atoms with Crippen molar-refractivity contribution in [3.05, 3.63) is 12.2 Å². The summed E-state index contributed by atoms with van der Waals surface area (Å²) in [4.78, 5) is 22.6. The minimum absolute atomic E-state index is 0.0365. The molecular formula is C18H30O4. The lowest BCUT2D eigenvalue weighted by Crippen LogP contribution is -2.19. The highest BCUT2D eigenvalue weighted by atomic mass is 16.4. The fraction of sp³-hybridized carbons (Fsp3) is 0.778. The summed E-state index contributed by atoms with van der Waals surface area (Å²) in [5, 5.41) is 19.1. The Morgan fingerprint density at radius 1 is 1.36 bits per heavy atom. The molecule has 1 aliphatic rings. The topological polar surface area (TPSA) is 74.6 Å². The normalized spacial score (nSPS) is 24.8. The second-order valence-corrected chi connectivity index (χ2v) is 6.58. The first-order valence-electron chi connectivity index (χ1n) is 8.56. The van der Waals surface area contributed by atoms with Gasteiger partial charge in [0.2, 0.25) is 0 Å². The van der Waals surface area contributed by atoms with Crippen molar-refractivity contribution >= 4 is 11.8 Å². The Hall–Kier alpha value is -1.16. The van der Waals surface area contributed by atoms with Gasteiger partial charge in [-0.3, -0.25) is 9.59 Å². The van der Waals surface area contributed by atoms with E-state index >= 15 is 0 Å². The third kappa shape index (κ3) is 6.30. The van der Waals surface area contributed by atoms with Crippen molar-refractivity contribution in [2.75, 3.05) is 0 Å². The monoisotopic (exact) mass is 310 g/mol. The molecule has 22 heavy (non-hydrogen) atoms. The average Bonchev–Trinajstić information content (AvgIpc) is 2.81. The van der Waals surface area contributed by atoms with E-state index in [-0.39, 0.29) is 24.0 Å². The number of carbonyl (C=O) groups excluding carboxylic acids is 1. The summed E-state index contributed by atoms with van der Waals surface area (Å²) in [7, 11) is 0. The van der Waals surface area contributed by atoms with Crippen LogP contribution in [0, 0.1) is 17.8 Å². The van der Waals surface area contributed by atoms with Gasteiger partial charge in [-0.05, 0) is 24.7 Å². The smallest absolute Gasteiger partial charge is 0.304 e. The Labute approximate surface area is 133 Å². The maximum Gasteiger partial charge on any atom is 0.304 e. The number of hydrogen-bond donors (Lipinski definition) is 2. The zero-order chi connectivity index (χ0) is 16.5. The van der Waals surface area contributed by atoms with Gasteiger partial charge in [0.05, 0.1) is 12.5 Å². The number of hydrogen-bond acceptors (Lipinski definition) is 3. The minimum atomic E-state index is -0.927. The predicted molar refractivity (Wildman–Crippen MR) is 86.5 cm³/mol. The number of aliphatic carboxylic acids is 1. The summed E-state index contributed by atoms with van der Waals surface area (Å²) in [5.74, 6) is -1.14. The maximum absolute atomic E-state index is 11.7. The zero-order valence-corrected chi connectivity index (χ0v) is 13.8. The van der Waals surface area contributed by atoms with E-state index in [2.05, 4.69) is 6.92 Å². The van der Waals surface area contributed by atoms with Gasteiger partial charge in [-0.1, -0.05) is 51.7 Å². The standard InChI is InChI=1S/C18H30O4/c1-3-4-5-6-7-13(2)16(19)10-8-14-9-11-17(20)15(14)12-18(21)22/h8,10,13-16,19H,3-7,9,11-12H2,1-2H3,(H,21,22)/t13?,14-,15+,16?/m1/s1. The highest BCUT2D eigenvalue weighted by molar-refractivity contribution is 5.87. The third-order valence-corrected chi connectivity index (χ3v) is 4.70. The van der Waals surface area contributed by atoms with Gasteiger partial charge in [0.15, 0.2) is 0 Å². The Morgan fingerprint density at radius 3 is 2.73 bits per heavy atom. The molecule has 2 N–H and O–H groups in total. The number of aliphatic hydroxyl groups excluding tert-OH is 1. The van der Waals surface area contributed by atoms with Crippen molar-refractivity contribution in [1.82, 2.24) is 0 Å². The van der Waals surface area contributed by atoms with Crippen LogP contribution in [0.2, 0.25) is 0 Å². The van der Waals surface area contributed by atoms with Gasteiger partial charge in [0.25, 0.3) is 0 Å². The van der Waals surface area contributed by atoms with Crippen molar-refractivity contribution in [3.63, 3.8) is 0 Å². The number of allylic oxidation sites excluding steroid dienone is 1. The summed E-state index contributed by atoms with van der Waals surface area (Å²) in [6, 6.07) is 0. The summed E-state index contributed by atoms with van der Waals surface area (Å²) in [6.07, 6.45) is 9.94. The number of aliphatic hydroxyl groups is 1. The molecule has 1 rings (SSSR count). The average molecular weight is 310 g/mol. The number of carboxylic acids is 1. The molecule has 1 aliphatic carbocycles. The largest absolute Gasteiger partial charge is 0.481 e. The van der Waals surface area contributed by atoms with Crippen LogP contribution in [0.5, 0.6) is 0 Å². The molecule has 2 unspecified atom stereocenters. The highest BCUT2D eigenvalue weighted by Crippen LogP contribution is 2.32. The van der Waals surface area contributed by atoms with Crippen molar-refractivity contribution in [2.45, 2.75) is 71.3 Å². The minimum Gasteiger partial charge on any atom is -0.481 e. The lowest BCUT2D eigenvalue weighted by atomic mass is 9.90. The number of carboxylic acid groups (broad SMARTS) is 1. The van der Waals surface area contributed by atoms with Gasteiger partial charge in [-0.2, -0.15) is 0 Å². The molecule has 4 heteroatoms. The van der Waals surface area contributed by atoms with Crippen molar-refractivity contribution in [2.24, 2.45) is 17.8 Å². The maximum atomic E-state index is 11.7. The molecule has 126 valence electrons. The van der Waals surface area contributed by atoms with Crippen molar-refractivity contribution < 1.29 is 19.8 Å². The molecule has 0 aliphatic heterocycles. The molecule has 0 saturated heterocycles. The van der Waals surface area contributed by atoms with Crippen molar-refractivity contribution in [1.29, 1.82) is 0 Å². The molecule has 0 spiro atoms. The molecule has 0 heterocycles. The van der Waals surface area contributed by atoms with Crippen LogP contribution in [0.3, 0.4) is 0 Å². The van der Waals surface area contributed by atoms with E-state index < -0.39 is 18.0 Å². The lowest BCUT2D eigenvalue weighted by molar-refractivity contribution is -0.140. The predicted octanol–water partition coefficient (Wildman–Crippen LogP) is 3.58. The van der Waals surface area contributed by atoms with Gasteiger partial charge in [0.1, 0.15) is 5.78 Å². The van der Waals surface area contributed by atoms with Crippen LogP contribution in [-0.2, 0) is 9.59 Å². The van der Waals surface area contributed by atoms with Gasteiger partial charge < -0.3 is 10.2 Å². The van der Waals surface area contributed by atoms with E-state index in [4.69, 9.17) is 5.11 Å². The molecule has 0 aromatic rings. The molecule has 1 saturated carbocycles. The van der Waals surface area contributed by atoms with E-state index in [1.54, 1.807) is 6.08 Å². The first kappa shape index (κ1) is 18.9. The van der Waals surface area contributed by atoms with Crippen LogP contribution in [0.1, 0.15) is 65.2 Å². The van der Waals surface area contributed by atoms with E-state index in [0.29, 0.717) is 12.8 Å². The molecule has 0 amide bonds. The number of unbranched alkanes of at least 4 members (excludes halogenated alkanes) is 3. The number of Topliss-reactive ketones (excluding diaryl/α,β-unsaturated/α-hetero) is 1. The summed E-state index contributed by atoms with van der Waals surface area (Å²) in [6.45, 7) is 4.22. The fourth-order valence-corrected chi connectivity index (χ4v) is 3.13. The Morgan fingerprint density at radius 2 is 2.09 bits per heavy atom. The second kappa shape index (κ2) is 9.78. The van der Waals surface area contributed by atoms with E-state index in [1.807, 2.05) is 13.0 Å². The van der Waals surface area contributed by atoms with Crippen molar-refractivity contribution in [3.8, 4) is 0 Å². The molecule has 4 nitrogen and oxygen atoms in total. The first-order chi connectivity index (χ1) is 10.5. The molecule has 0 bridgehead atoms. The van der Waals surface area contributed by atoms with Gasteiger partial charge in [0, 0.05) is 12.3 Å². The van der Waals surface area contributed by atoms with Crippen LogP contribution >= 0.6 is 0 Å². The van der Waals surface area contributed by atoms with Crippen LogP contribution in [0.4, 0.5) is 0 Å². The van der Waals surface area contributed by atoms with E-state index in [0.717, 1.165) is 12.8 Å². The summed E-state index contributed by atoms with van der Waals surface area (Å²) in [5.41, 5.74) is 0. The Kier molecular flexibility index (Phi) is 8.39. The molecule has 0 radical (unpaired) electrons. The summed E-state index contributed by atoms with van der Waals surface area (Å²) < 4.78 is 0. The first-order valence-corrected chi connectivity index (χ1v) is 8.56. The summed E-state index contributed by atoms with van der Waals surface area (Å²) >= 11 is 0. The van der Waals surface area contributed by atoms with Crippen LogP contribution in [-0.4, -0.2) is 28.1 Å². The van der Waals surface area contributed by atoms with E-state index in [9.17, 15) is 14.7 Å². The van der Waals surface area contributed by atoms with Gasteiger partial charge in [-0.25, -0.2) is 0 Å². The van der Waals surface area contributed by atoms with Crippen LogP contribution in [0.25, 0.3) is 0 Å². The lowest BCUT2D eigenvalue weighted by Gasteiger charge is -2.17. The second-order valence-electron chi connectivity index (χ2n) is 6.58. The van der Waals surface area contributed by atoms with E-state index in [1.165, 1.54) is 19.3 Å². The molecule has 0 aromatic carbocycles. The third-order valence-electron chi connectivity index (χ3n) is 4.70. The number of carbonyl (C=O) groups is 2. The van der Waals surface area contributed by atoms with Crippen LogP contribution in [0.15, 0.2) is 12.2 Å². The molecule has 1 fully saturated rings. The van der Waals surface area contributed by atoms with Gasteiger partial charge in [-0.15, -0.1) is 0 Å². The van der Waals surface area contributed by atoms with Crippen LogP contribution < -0.4 is 0 Å². The fourth-order valence-electron chi connectivity index (χ4n) is 3.13. The highest BCUT2D eigenvalue weighted by Gasteiger charge is 2.34. The number of ketones is 1. The number of rotatable bonds is 10. The van der Waals surface area contributed by atoms with Gasteiger partial charge >= 0.3 is 5.97 Å². The quantitative estimate of drug-likeness (QED) is 0.478. The molecular weight excluding hydrogens is 280 g/mol. The Bertz CT molecular complexity index is 389. The zero-order valence-electron chi connectivity index (χ0n) is 13.8. The Balaban J connectivity index is 2.44. The molecule has 0 aromatic heterocycles.